The van der Waals surface area contributed by atoms with Crippen LogP contribution in [-0.4, -0.2) is 31.0 Å². The Morgan fingerprint density at radius 2 is 2.42 bits per heavy atom. The van der Waals surface area contributed by atoms with Gasteiger partial charge in [-0.05, 0) is 6.92 Å². The first-order valence-electron chi connectivity index (χ1n) is 3.54. The number of esters is 1. The van der Waals surface area contributed by atoms with Crippen molar-refractivity contribution in [2.24, 2.45) is 0 Å². The Hall–Kier alpha value is -0.530. The van der Waals surface area contributed by atoms with Crippen LogP contribution in [0.3, 0.4) is 0 Å². The molecule has 0 saturated carbocycles. The molecule has 0 spiro atoms. The Morgan fingerprint density at radius 3 is 2.92 bits per heavy atom. The van der Waals surface area contributed by atoms with Gasteiger partial charge in [0.05, 0.1) is 13.7 Å². The molecule has 1 unspecified atom stereocenters. The van der Waals surface area contributed by atoms with E-state index in [1.165, 1.54) is 7.11 Å². The highest BCUT2D eigenvalue weighted by molar-refractivity contribution is 9.10. The number of halogens is 1. The van der Waals surface area contributed by atoms with Crippen LogP contribution in [0.4, 0.5) is 0 Å². The second kappa shape index (κ2) is 7.14. The third-order valence-electron chi connectivity index (χ3n) is 1.17. The molecule has 0 aliphatic rings. The molecule has 0 saturated heterocycles. The van der Waals surface area contributed by atoms with Gasteiger partial charge in [-0.2, -0.15) is 0 Å². The lowest BCUT2D eigenvalue weighted by atomic mass is 10.4. The minimum absolute atomic E-state index is 0.271. The summed E-state index contributed by atoms with van der Waals surface area (Å²) in [7, 11) is 1.36. The Balaban J connectivity index is 3.47. The molecule has 0 bridgehead atoms. The highest BCUT2D eigenvalue weighted by Crippen LogP contribution is 1.98. The van der Waals surface area contributed by atoms with E-state index in [-0.39, 0.29) is 10.8 Å². The Kier molecular flexibility index (Phi) is 6.82. The zero-order valence-electron chi connectivity index (χ0n) is 7.19. The van der Waals surface area contributed by atoms with Crippen LogP contribution in [-0.2, 0) is 9.53 Å². The SMILES string of the molecule is CC#CCNCC(Br)C(=O)OC. The lowest BCUT2D eigenvalue weighted by Crippen LogP contribution is -2.29. The molecule has 0 fully saturated rings. The fourth-order valence-corrected chi connectivity index (χ4v) is 0.977. The minimum Gasteiger partial charge on any atom is -0.468 e. The van der Waals surface area contributed by atoms with E-state index >= 15 is 0 Å². The van der Waals surface area contributed by atoms with Gasteiger partial charge in [0.2, 0.25) is 0 Å². The predicted molar refractivity (Wildman–Crippen MR) is 51.1 cm³/mol. The molecule has 0 aliphatic carbocycles. The largest absolute Gasteiger partial charge is 0.468 e. The van der Waals surface area contributed by atoms with E-state index in [0.29, 0.717) is 13.1 Å². The zero-order valence-corrected chi connectivity index (χ0v) is 8.77. The molecule has 0 aromatic rings. The molecular formula is C8H12BrNO2. The summed E-state index contributed by atoms with van der Waals surface area (Å²) in [6.45, 7) is 2.89. The first-order valence-corrected chi connectivity index (χ1v) is 4.46. The second-order valence-electron chi connectivity index (χ2n) is 2.05. The fraction of sp³-hybridized carbons (Fsp3) is 0.625. The smallest absolute Gasteiger partial charge is 0.320 e. The van der Waals surface area contributed by atoms with E-state index in [0.717, 1.165) is 0 Å². The Labute approximate surface area is 81.0 Å². The maximum atomic E-state index is 10.8. The van der Waals surface area contributed by atoms with Crippen molar-refractivity contribution < 1.29 is 9.53 Å². The quantitative estimate of drug-likeness (QED) is 0.334. The normalized spacial score (nSPS) is 11.2. The summed E-state index contributed by atoms with van der Waals surface area (Å²) >= 11 is 3.17. The van der Waals surface area contributed by atoms with Gasteiger partial charge in [-0.3, -0.25) is 4.79 Å². The van der Waals surface area contributed by atoms with Crippen molar-refractivity contribution in [2.75, 3.05) is 20.2 Å². The molecule has 0 aliphatic heterocycles. The maximum absolute atomic E-state index is 10.8. The molecule has 12 heavy (non-hydrogen) atoms. The average Bonchev–Trinajstić information content (AvgIpc) is 2.10. The van der Waals surface area contributed by atoms with Gasteiger partial charge in [0.15, 0.2) is 0 Å². The fourth-order valence-electron chi connectivity index (χ4n) is 0.561. The van der Waals surface area contributed by atoms with Crippen molar-refractivity contribution >= 4 is 21.9 Å². The lowest BCUT2D eigenvalue weighted by molar-refractivity contribution is -0.139. The third kappa shape index (κ3) is 5.16. The molecule has 68 valence electrons. The molecule has 0 aromatic carbocycles. The van der Waals surface area contributed by atoms with Gasteiger partial charge in [-0.25, -0.2) is 0 Å². The van der Waals surface area contributed by atoms with Crippen molar-refractivity contribution in [3.8, 4) is 11.8 Å². The first-order chi connectivity index (χ1) is 5.72. The molecule has 1 atom stereocenters. The monoisotopic (exact) mass is 233 g/mol. The van der Waals surface area contributed by atoms with Crippen molar-refractivity contribution in [3.63, 3.8) is 0 Å². The van der Waals surface area contributed by atoms with Gasteiger partial charge in [-0.15, -0.1) is 5.92 Å². The van der Waals surface area contributed by atoms with Crippen LogP contribution >= 0.6 is 15.9 Å². The highest BCUT2D eigenvalue weighted by Gasteiger charge is 2.13. The first kappa shape index (κ1) is 11.5. The summed E-state index contributed by atoms with van der Waals surface area (Å²) in [6, 6.07) is 0. The van der Waals surface area contributed by atoms with Crippen LogP contribution in [0.1, 0.15) is 6.92 Å². The van der Waals surface area contributed by atoms with Crippen LogP contribution in [0.2, 0.25) is 0 Å². The van der Waals surface area contributed by atoms with Gasteiger partial charge >= 0.3 is 5.97 Å². The van der Waals surface area contributed by atoms with E-state index in [1.807, 2.05) is 0 Å². The molecule has 0 aromatic heterocycles. The van der Waals surface area contributed by atoms with Gasteiger partial charge in [-0.1, -0.05) is 21.9 Å². The molecule has 0 heterocycles. The molecule has 0 amide bonds. The summed E-state index contributed by atoms with van der Waals surface area (Å²) in [5, 5.41) is 2.98. The summed E-state index contributed by atoms with van der Waals surface area (Å²) in [5.74, 6) is 5.30. The van der Waals surface area contributed by atoms with E-state index < -0.39 is 0 Å². The summed E-state index contributed by atoms with van der Waals surface area (Å²) < 4.78 is 4.51. The molecule has 0 rings (SSSR count). The average molecular weight is 234 g/mol. The number of hydrogen-bond acceptors (Lipinski definition) is 3. The van der Waals surface area contributed by atoms with Crippen LogP contribution < -0.4 is 5.32 Å². The van der Waals surface area contributed by atoms with Gasteiger partial charge < -0.3 is 10.1 Å². The number of hydrogen-bond donors (Lipinski definition) is 1. The van der Waals surface area contributed by atoms with Crippen LogP contribution in [0.15, 0.2) is 0 Å². The third-order valence-corrected chi connectivity index (χ3v) is 1.87. The zero-order chi connectivity index (χ0) is 9.40. The Bertz CT molecular complexity index is 195. The van der Waals surface area contributed by atoms with Gasteiger partial charge in [0.1, 0.15) is 4.83 Å². The molecule has 0 radical (unpaired) electrons. The number of carbonyl (C=O) groups excluding carboxylic acids is 1. The minimum atomic E-state index is -0.291. The van der Waals surface area contributed by atoms with E-state index in [4.69, 9.17) is 0 Å². The van der Waals surface area contributed by atoms with E-state index in [2.05, 4.69) is 37.8 Å². The molecule has 1 N–H and O–H groups in total. The number of nitrogens with one attached hydrogen (secondary N) is 1. The van der Waals surface area contributed by atoms with Crippen LogP contribution in [0.5, 0.6) is 0 Å². The Morgan fingerprint density at radius 1 is 1.75 bits per heavy atom. The van der Waals surface area contributed by atoms with E-state index in [9.17, 15) is 4.79 Å². The summed E-state index contributed by atoms with van der Waals surface area (Å²) in [6.07, 6.45) is 0. The van der Waals surface area contributed by atoms with Gasteiger partial charge in [0, 0.05) is 6.54 Å². The van der Waals surface area contributed by atoms with Crippen LogP contribution in [0, 0.1) is 11.8 Å². The van der Waals surface area contributed by atoms with Crippen molar-refractivity contribution in [1.82, 2.24) is 5.32 Å². The topological polar surface area (TPSA) is 38.3 Å². The van der Waals surface area contributed by atoms with Crippen LogP contribution in [0.25, 0.3) is 0 Å². The molecule has 3 nitrogen and oxygen atoms in total. The molecule has 4 heteroatoms. The maximum Gasteiger partial charge on any atom is 0.320 e. The summed E-state index contributed by atoms with van der Waals surface area (Å²) in [4.78, 5) is 10.5. The van der Waals surface area contributed by atoms with E-state index in [1.54, 1.807) is 6.92 Å². The van der Waals surface area contributed by atoms with Crippen molar-refractivity contribution in [1.29, 1.82) is 0 Å². The number of carbonyl (C=O) groups is 1. The van der Waals surface area contributed by atoms with Crippen molar-refractivity contribution in [2.45, 2.75) is 11.8 Å². The number of methoxy groups -OCH3 is 1. The van der Waals surface area contributed by atoms with Crippen molar-refractivity contribution in [3.05, 3.63) is 0 Å². The lowest BCUT2D eigenvalue weighted by Gasteiger charge is -2.06. The molecular weight excluding hydrogens is 222 g/mol. The second-order valence-corrected chi connectivity index (χ2v) is 3.15. The van der Waals surface area contributed by atoms with Gasteiger partial charge in [0.25, 0.3) is 0 Å². The number of ether oxygens (including phenoxy) is 1. The highest BCUT2D eigenvalue weighted by atomic mass is 79.9. The number of alkyl halides is 1. The number of rotatable bonds is 4. The summed E-state index contributed by atoms with van der Waals surface area (Å²) in [5.41, 5.74) is 0. The predicted octanol–water partition coefficient (Wildman–Crippen LogP) is 0.536. The standard InChI is InChI=1S/C8H12BrNO2/c1-3-4-5-10-6-7(9)8(11)12-2/h7,10H,5-6H2,1-2H3.